The van der Waals surface area contributed by atoms with Crippen molar-refractivity contribution in [3.63, 3.8) is 0 Å². The van der Waals surface area contributed by atoms with Gasteiger partial charge in [-0.05, 0) is 30.5 Å². The zero-order chi connectivity index (χ0) is 14.5. The first-order valence-electron chi connectivity index (χ1n) is 6.27. The number of methoxy groups -OCH3 is 1. The molecule has 1 unspecified atom stereocenters. The van der Waals surface area contributed by atoms with Crippen molar-refractivity contribution in [3.8, 4) is 5.88 Å². The van der Waals surface area contributed by atoms with E-state index in [1.807, 2.05) is 6.07 Å². The predicted octanol–water partition coefficient (Wildman–Crippen LogP) is 2.48. The van der Waals surface area contributed by atoms with Crippen LogP contribution in [-0.2, 0) is 12.8 Å². The number of benzene rings is 1. The van der Waals surface area contributed by atoms with E-state index < -0.39 is 11.6 Å². The van der Waals surface area contributed by atoms with Crippen molar-refractivity contribution in [2.75, 3.05) is 7.11 Å². The Hall–Kier alpha value is -2.01. The molecule has 2 aromatic rings. The maximum atomic E-state index is 13.5. The highest BCUT2D eigenvalue weighted by Crippen LogP contribution is 2.15. The molecule has 0 bridgehead atoms. The molecule has 1 atom stereocenters. The van der Waals surface area contributed by atoms with E-state index in [1.54, 1.807) is 12.3 Å². The second kappa shape index (κ2) is 6.43. The van der Waals surface area contributed by atoms with Crippen molar-refractivity contribution >= 4 is 0 Å². The molecular formula is C15H16F2N2O. The molecule has 1 aromatic carbocycles. The average Bonchev–Trinajstić information content (AvgIpc) is 2.44. The molecule has 0 fully saturated rings. The molecule has 2 N–H and O–H groups in total. The Morgan fingerprint density at radius 1 is 1.15 bits per heavy atom. The molecule has 1 heterocycles. The number of pyridine rings is 1. The standard InChI is InChI=1S/C15H16F2N2O/c1-20-15-6-5-10(9-19-15)7-11(18)8-12-13(16)3-2-4-14(12)17/h2-6,9,11H,7-8,18H2,1H3. The molecule has 3 nitrogen and oxygen atoms in total. The number of hydrogen-bond donors (Lipinski definition) is 1. The SMILES string of the molecule is COc1ccc(CC(N)Cc2c(F)cccc2F)cn1. The summed E-state index contributed by atoms with van der Waals surface area (Å²) in [6.45, 7) is 0. The van der Waals surface area contributed by atoms with Gasteiger partial charge in [0.2, 0.25) is 5.88 Å². The summed E-state index contributed by atoms with van der Waals surface area (Å²) in [5.41, 5.74) is 6.88. The third-order valence-electron chi connectivity index (χ3n) is 3.03. The smallest absolute Gasteiger partial charge is 0.212 e. The van der Waals surface area contributed by atoms with Crippen LogP contribution in [0.15, 0.2) is 36.5 Å². The zero-order valence-corrected chi connectivity index (χ0v) is 11.1. The summed E-state index contributed by atoms with van der Waals surface area (Å²) >= 11 is 0. The monoisotopic (exact) mass is 278 g/mol. The maximum absolute atomic E-state index is 13.5. The number of hydrogen-bond acceptors (Lipinski definition) is 3. The molecular weight excluding hydrogens is 262 g/mol. The third kappa shape index (κ3) is 3.51. The van der Waals surface area contributed by atoms with Gasteiger partial charge in [0.15, 0.2) is 0 Å². The third-order valence-corrected chi connectivity index (χ3v) is 3.03. The maximum Gasteiger partial charge on any atom is 0.212 e. The van der Waals surface area contributed by atoms with Gasteiger partial charge in [-0.15, -0.1) is 0 Å². The van der Waals surface area contributed by atoms with Crippen LogP contribution < -0.4 is 10.5 Å². The Morgan fingerprint density at radius 2 is 1.85 bits per heavy atom. The molecule has 0 saturated carbocycles. The molecule has 0 aliphatic heterocycles. The van der Waals surface area contributed by atoms with Crippen LogP contribution in [0, 0.1) is 11.6 Å². The van der Waals surface area contributed by atoms with Crippen LogP contribution in [0.4, 0.5) is 8.78 Å². The van der Waals surface area contributed by atoms with Gasteiger partial charge in [-0.25, -0.2) is 13.8 Å². The van der Waals surface area contributed by atoms with Gasteiger partial charge in [0.1, 0.15) is 11.6 Å². The van der Waals surface area contributed by atoms with E-state index in [-0.39, 0.29) is 18.0 Å². The second-order valence-electron chi connectivity index (χ2n) is 4.58. The highest BCUT2D eigenvalue weighted by atomic mass is 19.1. The first-order valence-corrected chi connectivity index (χ1v) is 6.27. The number of aromatic nitrogens is 1. The fourth-order valence-corrected chi connectivity index (χ4v) is 2.02. The lowest BCUT2D eigenvalue weighted by molar-refractivity contribution is 0.397. The van der Waals surface area contributed by atoms with Crippen molar-refractivity contribution in [1.29, 1.82) is 0 Å². The second-order valence-corrected chi connectivity index (χ2v) is 4.58. The minimum atomic E-state index is -0.562. The Morgan fingerprint density at radius 3 is 2.40 bits per heavy atom. The van der Waals surface area contributed by atoms with E-state index in [0.717, 1.165) is 5.56 Å². The van der Waals surface area contributed by atoms with E-state index in [0.29, 0.717) is 12.3 Å². The summed E-state index contributed by atoms with van der Waals surface area (Å²) < 4.78 is 32.0. The molecule has 0 aliphatic rings. The predicted molar refractivity (Wildman–Crippen MR) is 72.5 cm³/mol. The molecule has 106 valence electrons. The molecule has 20 heavy (non-hydrogen) atoms. The van der Waals surface area contributed by atoms with Gasteiger partial charge in [-0.3, -0.25) is 0 Å². The van der Waals surface area contributed by atoms with Crippen LogP contribution in [-0.4, -0.2) is 18.1 Å². The molecule has 2 rings (SSSR count). The van der Waals surface area contributed by atoms with Crippen LogP contribution in [0.1, 0.15) is 11.1 Å². The molecule has 1 aromatic heterocycles. The normalized spacial score (nSPS) is 12.2. The van der Waals surface area contributed by atoms with Gasteiger partial charge < -0.3 is 10.5 Å². The van der Waals surface area contributed by atoms with E-state index >= 15 is 0 Å². The molecule has 0 radical (unpaired) electrons. The molecule has 0 spiro atoms. The highest BCUT2D eigenvalue weighted by molar-refractivity contribution is 5.22. The lowest BCUT2D eigenvalue weighted by atomic mass is 10.00. The Bertz CT molecular complexity index is 552. The van der Waals surface area contributed by atoms with E-state index in [4.69, 9.17) is 10.5 Å². The van der Waals surface area contributed by atoms with Crippen molar-refractivity contribution in [1.82, 2.24) is 4.98 Å². The molecule has 5 heteroatoms. The van der Waals surface area contributed by atoms with Crippen LogP contribution in [0.2, 0.25) is 0 Å². The number of rotatable bonds is 5. The van der Waals surface area contributed by atoms with E-state index in [1.165, 1.54) is 25.3 Å². The molecule has 0 amide bonds. The highest BCUT2D eigenvalue weighted by Gasteiger charge is 2.13. The average molecular weight is 278 g/mol. The summed E-state index contributed by atoms with van der Waals surface area (Å²) in [6, 6.07) is 7.00. The van der Waals surface area contributed by atoms with Gasteiger partial charge in [0, 0.05) is 23.9 Å². The topological polar surface area (TPSA) is 48.1 Å². The van der Waals surface area contributed by atoms with Crippen LogP contribution in [0.5, 0.6) is 5.88 Å². The van der Waals surface area contributed by atoms with Gasteiger partial charge in [-0.2, -0.15) is 0 Å². The fraction of sp³-hybridized carbons (Fsp3) is 0.267. The van der Waals surface area contributed by atoms with Gasteiger partial charge in [0.25, 0.3) is 0 Å². The lowest BCUT2D eigenvalue weighted by Gasteiger charge is -2.13. The summed E-state index contributed by atoms with van der Waals surface area (Å²) in [6.07, 6.45) is 2.28. The first-order chi connectivity index (χ1) is 9.60. The quantitative estimate of drug-likeness (QED) is 0.914. The number of halogens is 2. The zero-order valence-electron chi connectivity index (χ0n) is 11.1. The Kier molecular flexibility index (Phi) is 4.63. The molecule has 0 saturated heterocycles. The number of nitrogens with two attached hydrogens (primary N) is 1. The molecule has 0 aliphatic carbocycles. The van der Waals surface area contributed by atoms with Crippen LogP contribution in [0.25, 0.3) is 0 Å². The van der Waals surface area contributed by atoms with Crippen LogP contribution in [0.3, 0.4) is 0 Å². The largest absolute Gasteiger partial charge is 0.481 e. The van der Waals surface area contributed by atoms with Crippen molar-refractivity contribution < 1.29 is 13.5 Å². The van der Waals surface area contributed by atoms with Gasteiger partial charge in [-0.1, -0.05) is 12.1 Å². The van der Waals surface area contributed by atoms with Crippen molar-refractivity contribution in [2.24, 2.45) is 5.73 Å². The van der Waals surface area contributed by atoms with Gasteiger partial charge >= 0.3 is 0 Å². The van der Waals surface area contributed by atoms with E-state index in [9.17, 15) is 8.78 Å². The van der Waals surface area contributed by atoms with Crippen molar-refractivity contribution in [3.05, 3.63) is 59.3 Å². The number of nitrogens with zero attached hydrogens (tertiary/aromatic N) is 1. The number of ether oxygens (including phenoxy) is 1. The summed E-state index contributed by atoms with van der Waals surface area (Å²) in [4.78, 5) is 4.07. The fourth-order valence-electron chi connectivity index (χ4n) is 2.02. The van der Waals surface area contributed by atoms with Gasteiger partial charge in [0.05, 0.1) is 7.11 Å². The summed E-state index contributed by atoms with van der Waals surface area (Å²) in [7, 11) is 1.54. The first kappa shape index (κ1) is 14.4. The van der Waals surface area contributed by atoms with Crippen molar-refractivity contribution in [2.45, 2.75) is 18.9 Å². The Labute approximate surface area is 116 Å². The summed E-state index contributed by atoms with van der Waals surface area (Å²) in [5, 5.41) is 0. The lowest BCUT2D eigenvalue weighted by Crippen LogP contribution is -2.26. The minimum Gasteiger partial charge on any atom is -0.481 e. The van der Waals surface area contributed by atoms with E-state index in [2.05, 4.69) is 4.98 Å². The Balaban J connectivity index is 2.03. The van der Waals surface area contributed by atoms with Crippen LogP contribution >= 0.6 is 0 Å². The summed E-state index contributed by atoms with van der Waals surface area (Å²) in [5.74, 6) is -0.607. The minimum absolute atomic E-state index is 0.0291.